The molecule has 2 atom stereocenters. The predicted octanol–water partition coefficient (Wildman–Crippen LogP) is 4.36. The summed E-state index contributed by atoms with van der Waals surface area (Å²) in [7, 11) is 0. The highest BCUT2D eigenvalue weighted by molar-refractivity contribution is 8.00. The van der Waals surface area contributed by atoms with E-state index < -0.39 is 0 Å². The van der Waals surface area contributed by atoms with Crippen molar-refractivity contribution < 1.29 is 4.79 Å². The minimum Gasteiger partial charge on any atom is -0.325 e. The van der Waals surface area contributed by atoms with E-state index in [9.17, 15) is 4.79 Å². The van der Waals surface area contributed by atoms with E-state index in [0.717, 1.165) is 17.8 Å². The number of hydrogen-bond donors (Lipinski definition) is 1. The van der Waals surface area contributed by atoms with Crippen LogP contribution in [0.4, 0.5) is 5.69 Å². The first-order valence-corrected chi connectivity index (χ1v) is 9.34. The Labute approximate surface area is 151 Å². The molecule has 1 N–H and O–H groups in total. The summed E-state index contributed by atoms with van der Waals surface area (Å²) in [6.07, 6.45) is 2.93. The number of benzene rings is 1. The van der Waals surface area contributed by atoms with Crippen molar-refractivity contribution in [3.8, 4) is 0 Å². The van der Waals surface area contributed by atoms with Crippen LogP contribution < -0.4 is 5.32 Å². The van der Waals surface area contributed by atoms with E-state index in [1.54, 1.807) is 0 Å². The molecular formula is C19H22N4OS. The summed E-state index contributed by atoms with van der Waals surface area (Å²) in [4.78, 5) is 12.6. The maximum absolute atomic E-state index is 12.6. The van der Waals surface area contributed by atoms with Crippen molar-refractivity contribution in [1.82, 2.24) is 14.6 Å². The number of nitrogens with one attached hydrogen (secondary N) is 1. The maximum atomic E-state index is 12.6. The monoisotopic (exact) mass is 354 g/mol. The van der Waals surface area contributed by atoms with Gasteiger partial charge in [-0.15, -0.1) is 10.2 Å². The molecule has 1 amide bonds. The van der Waals surface area contributed by atoms with Gasteiger partial charge in [0.05, 0.1) is 5.25 Å². The molecule has 0 aliphatic rings. The van der Waals surface area contributed by atoms with E-state index in [-0.39, 0.29) is 11.2 Å². The molecule has 0 saturated heterocycles. The number of rotatable bonds is 6. The fraction of sp³-hybridized carbons (Fsp3) is 0.316. The largest absolute Gasteiger partial charge is 0.325 e. The molecule has 0 aliphatic heterocycles. The van der Waals surface area contributed by atoms with Crippen LogP contribution in [0.25, 0.3) is 5.65 Å². The zero-order valence-electron chi connectivity index (χ0n) is 14.6. The van der Waals surface area contributed by atoms with Gasteiger partial charge in [-0.1, -0.05) is 49.9 Å². The van der Waals surface area contributed by atoms with Gasteiger partial charge in [-0.2, -0.15) is 0 Å². The van der Waals surface area contributed by atoms with E-state index in [1.165, 1.54) is 17.3 Å². The average Bonchev–Trinajstić information content (AvgIpc) is 3.04. The number of pyridine rings is 1. The van der Waals surface area contributed by atoms with Crippen molar-refractivity contribution in [3.05, 3.63) is 54.2 Å². The van der Waals surface area contributed by atoms with Crippen LogP contribution in [0.1, 0.15) is 38.7 Å². The minimum atomic E-state index is -0.280. The van der Waals surface area contributed by atoms with Crippen molar-refractivity contribution in [2.24, 2.45) is 0 Å². The van der Waals surface area contributed by atoms with Gasteiger partial charge in [0.2, 0.25) is 5.91 Å². The Hall–Kier alpha value is -2.34. The summed E-state index contributed by atoms with van der Waals surface area (Å²) >= 11 is 1.40. The molecule has 25 heavy (non-hydrogen) atoms. The molecule has 3 aromatic rings. The molecule has 0 radical (unpaired) electrons. The molecule has 6 heteroatoms. The average molecular weight is 354 g/mol. The van der Waals surface area contributed by atoms with Gasteiger partial charge < -0.3 is 5.32 Å². The summed E-state index contributed by atoms with van der Waals surface area (Å²) in [5.74, 6) is 0.369. The van der Waals surface area contributed by atoms with Crippen LogP contribution in [0.3, 0.4) is 0 Å². The zero-order chi connectivity index (χ0) is 17.8. The Morgan fingerprint density at radius 3 is 2.72 bits per heavy atom. The lowest BCUT2D eigenvalue weighted by atomic mass is 9.97. The zero-order valence-corrected chi connectivity index (χ0v) is 15.5. The van der Waals surface area contributed by atoms with Gasteiger partial charge >= 0.3 is 0 Å². The van der Waals surface area contributed by atoms with Crippen molar-refractivity contribution in [1.29, 1.82) is 0 Å². The van der Waals surface area contributed by atoms with Gasteiger partial charge in [0, 0.05) is 11.9 Å². The third kappa shape index (κ3) is 3.85. The second-order valence-electron chi connectivity index (χ2n) is 6.06. The van der Waals surface area contributed by atoms with Crippen LogP contribution in [0.2, 0.25) is 0 Å². The summed E-state index contributed by atoms with van der Waals surface area (Å²) in [6, 6.07) is 13.7. The third-order valence-corrected chi connectivity index (χ3v) is 5.35. The highest BCUT2D eigenvalue weighted by atomic mass is 32.2. The molecule has 0 spiro atoms. The number of anilines is 1. The molecule has 0 saturated carbocycles. The quantitative estimate of drug-likeness (QED) is 0.668. The minimum absolute atomic E-state index is 0.0339. The number of thioether (sulfide) groups is 1. The number of amides is 1. The predicted molar refractivity (Wildman–Crippen MR) is 102 cm³/mol. The van der Waals surface area contributed by atoms with Crippen LogP contribution in [-0.2, 0) is 4.79 Å². The molecule has 2 heterocycles. The third-order valence-electron chi connectivity index (χ3n) is 4.30. The molecule has 5 nitrogen and oxygen atoms in total. The van der Waals surface area contributed by atoms with Gasteiger partial charge in [0.25, 0.3) is 0 Å². The number of aromatic nitrogens is 3. The molecular weight excluding hydrogens is 332 g/mol. The number of fused-ring (bicyclic) bond motifs is 1. The van der Waals surface area contributed by atoms with E-state index in [0.29, 0.717) is 11.1 Å². The topological polar surface area (TPSA) is 59.3 Å². The second kappa shape index (κ2) is 7.70. The van der Waals surface area contributed by atoms with Crippen molar-refractivity contribution >= 4 is 29.0 Å². The van der Waals surface area contributed by atoms with E-state index >= 15 is 0 Å². The van der Waals surface area contributed by atoms with Gasteiger partial charge in [0.1, 0.15) is 0 Å². The lowest BCUT2D eigenvalue weighted by molar-refractivity contribution is -0.115. The number of nitrogens with zero attached hydrogens (tertiary/aromatic N) is 3. The normalized spacial score (nSPS) is 13.6. The Kier molecular flexibility index (Phi) is 5.38. The molecule has 2 aromatic heterocycles. The molecule has 0 bridgehead atoms. The lowest BCUT2D eigenvalue weighted by Crippen LogP contribution is -2.23. The van der Waals surface area contributed by atoms with Gasteiger partial charge in [-0.25, -0.2) is 0 Å². The Morgan fingerprint density at radius 1 is 1.16 bits per heavy atom. The summed E-state index contributed by atoms with van der Waals surface area (Å²) < 4.78 is 1.89. The van der Waals surface area contributed by atoms with Crippen molar-refractivity contribution in [2.45, 2.75) is 43.5 Å². The van der Waals surface area contributed by atoms with Crippen LogP contribution >= 0.6 is 11.8 Å². The van der Waals surface area contributed by atoms with Gasteiger partial charge in [-0.05, 0) is 43.0 Å². The SMILES string of the molecule is CC[C@H](C)c1ccccc1NC(=O)[C@H](C)Sc1nnc2ccccn12. The fourth-order valence-corrected chi connectivity index (χ4v) is 3.44. The number of hydrogen-bond acceptors (Lipinski definition) is 4. The lowest BCUT2D eigenvalue weighted by Gasteiger charge is -2.17. The van der Waals surface area contributed by atoms with Crippen molar-refractivity contribution in [2.75, 3.05) is 5.32 Å². The summed E-state index contributed by atoms with van der Waals surface area (Å²) in [5, 5.41) is 11.8. The highest BCUT2D eigenvalue weighted by Crippen LogP contribution is 2.28. The first kappa shape index (κ1) is 17.5. The molecule has 0 fully saturated rings. The Bertz CT molecular complexity index is 876. The van der Waals surface area contributed by atoms with Crippen LogP contribution in [0, 0.1) is 0 Å². The first-order valence-electron chi connectivity index (χ1n) is 8.46. The highest BCUT2D eigenvalue weighted by Gasteiger charge is 2.19. The molecule has 0 unspecified atom stereocenters. The number of carbonyl (C=O) groups excluding carboxylic acids is 1. The van der Waals surface area contributed by atoms with E-state index in [4.69, 9.17) is 0 Å². The first-order chi connectivity index (χ1) is 12.1. The summed E-state index contributed by atoms with van der Waals surface area (Å²) in [6.45, 7) is 6.21. The van der Waals surface area contributed by atoms with Gasteiger partial charge in [0.15, 0.2) is 10.8 Å². The molecule has 1 aromatic carbocycles. The van der Waals surface area contributed by atoms with E-state index in [1.807, 2.05) is 53.9 Å². The molecule has 3 rings (SSSR count). The van der Waals surface area contributed by atoms with Crippen LogP contribution in [-0.4, -0.2) is 25.8 Å². The van der Waals surface area contributed by atoms with Crippen LogP contribution in [0.15, 0.2) is 53.8 Å². The second-order valence-corrected chi connectivity index (χ2v) is 7.37. The standard InChI is InChI=1S/C19H22N4OS/c1-4-13(2)15-9-5-6-10-16(15)20-18(24)14(3)25-19-22-21-17-11-7-8-12-23(17)19/h5-14H,4H2,1-3H3,(H,20,24)/t13-,14-/m0/s1. The Balaban J connectivity index is 1.73. The van der Waals surface area contributed by atoms with Crippen molar-refractivity contribution in [3.63, 3.8) is 0 Å². The summed E-state index contributed by atoms with van der Waals surface area (Å²) in [5.41, 5.74) is 2.84. The maximum Gasteiger partial charge on any atom is 0.237 e. The van der Waals surface area contributed by atoms with Gasteiger partial charge in [-0.3, -0.25) is 9.20 Å². The van der Waals surface area contributed by atoms with E-state index in [2.05, 4.69) is 35.4 Å². The number of para-hydroxylation sites is 1. The smallest absolute Gasteiger partial charge is 0.237 e. The number of carbonyl (C=O) groups is 1. The molecule has 130 valence electrons. The van der Waals surface area contributed by atoms with Crippen LogP contribution in [0.5, 0.6) is 0 Å². The Morgan fingerprint density at radius 2 is 1.92 bits per heavy atom. The molecule has 0 aliphatic carbocycles. The fourth-order valence-electron chi connectivity index (χ4n) is 2.61.